The van der Waals surface area contributed by atoms with E-state index in [9.17, 15) is 27.7 Å². The van der Waals surface area contributed by atoms with Gasteiger partial charge in [0.15, 0.2) is 15.9 Å². The topological polar surface area (TPSA) is 119 Å². The Labute approximate surface area is 187 Å². The highest BCUT2D eigenvalue weighted by molar-refractivity contribution is 7.91. The molecule has 0 saturated carbocycles. The van der Waals surface area contributed by atoms with Gasteiger partial charge in [-0.05, 0) is 37.0 Å². The van der Waals surface area contributed by atoms with Crippen LogP contribution in [0.3, 0.4) is 0 Å². The summed E-state index contributed by atoms with van der Waals surface area (Å²) in [4.78, 5) is 23.0. The first-order valence-electron chi connectivity index (χ1n) is 9.21. The highest BCUT2D eigenvalue weighted by atomic mass is 35.5. The maximum atomic E-state index is 14.2. The van der Waals surface area contributed by atoms with Gasteiger partial charge >= 0.3 is 0 Å². The Bertz CT molecular complexity index is 1110. The fourth-order valence-corrected chi connectivity index (χ4v) is 6.66. The van der Waals surface area contributed by atoms with Crippen LogP contribution in [0.5, 0.6) is 5.75 Å². The van der Waals surface area contributed by atoms with Crippen LogP contribution in [-0.2, 0) is 21.4 Å². The summed E-state index contributed by atoms with van der Waals surface area (Å²) in [5.41, 5.74) is -0.248. The summed E-state index contributed by atoms with van der Waals surface area (Å²) in [5, 5.41) is 13.8. The van der Waals surface area contributed by atoms with Crippen molar-refractivity contribution in [3.63, 3.8) is 0 Å². The van der Waals surface area contributed by atoms with Gasteiger partial charge in [-0.25, -0.2) is 12.8 Å². The molecular formula is C18H19ClFN3O6S2. The number of rotatable bonds is 7. The van der Waals surface area contributed by atoms with Gasteiger partial charge in [0.25, 0.3) is 15.7 Å². The van der Waals surface area contributed by atoms with Crippen LogP contribution in [-0.4, -0.2) is 43.2 Å². The van der Waals surface area contributed by atoms with Crippen LogP contribution in [0, 0.1) is 15.9 Å². The molecule has 3 rings (SSSR count). The lowest BCUT2D eigenvalue weighted by atomic mass is 10.1. The molecule has 0 radical (unpaired) electrons. The lowest BCUT2D eigenvalue weighted by Gasteiger charge is -2.28. The van der Waals surface area contributed by atoms with E-state index in [4.69, 9.17) is 16.3 Å². The van der Waals surface area contributed by atoms with E-state index in [-0.39, 0.29) is 32.8 Å². The van der Waals surface area contributed by atoms with E-state index in [1.807, 2.05) is 0 Å². The van der Waals surface area contributed by atoms with Crippen LogP contribution in [0.4, 0.5) is 10.1 Å². The molecule has 1 atom stereocenters. The number of amides is 1. The third-order valence-electron chi connectivity index (χ3n) is 4.81. The number of hydrogen-bond donors (Lipinski definition) is 1. The highest BCUT2D eigenvalue weighted by Crippen LogP contribution is 2.38. The number of carbonyl (C=O) groups excluding carboxylic acids is 1. The molecule has 1 saturated heterocycles. The van der Waals surface area contributed by atoms with Crippen molar-refractivity contribution in [2.24, 2.45) is 0 Å². The minimum atomic E-state index is -4.36. The third kappa shape index (κ3) is 4.97. The number of nitrogens with one attached hydrogen (secondary N) is 1. The molecule has 13 heteroatoms. The summed E-state index contributed by atoms with van der Waals surface area (Å²) >= 11 is 6.39. The molecule has 1 aromatic carbocycles. The Hall–Kier alpha value is -2.28. The van der Waals surface area contributed by atoms with Crippen LogP contribution < -0.4 is 10.1 Å². The largest absolute Gasteiger partial charge is 0.494 e. The van der Waals surface area contributed by atoms with Crippen molar-refractivity contribution >= 4 is 44.6 Å². The normalized spacial score (nSPS) is 17.3. The molecule has 1 aliphatic rings. The molecule has 1 amide bonds. The lowest BCUT2D eigenvalue weighted by Crippen LogP contribution is -2.48. The van der Waals surface area contributed by atoms with Crippen molar-refractivity contribution in [3.8, 4) is 5.75 Å². The van der Waals surface area contributed by atoms with Gasteiger partial charge < -0.3 is 10.1 Å². The Balaban J connectivity index is 2.06. The van der Waals surface area contributed by atoms with Gasteiger partial charge in [-0.3, -0.25) is 14.9 Å². The summed E-state index contributed by atoms with van der Waals surface area (Å²) in [7, 11) is -3.06. The van der Waals surface area contributed by atoms with Gasteiger partial charge in [-0.15, -0.1) is 11.3 Å². The number of halogens is 2. The molecule has 2 aromatic rings. The standard InChI is InChI=1S/C18H19ClFN3O6S2/c1-29-15-6-5-11(8-12(15)20)10-22(13-4-2-3-7-21-18(13)24)31(27,28)16-9-14(23(25)26)17(19)30-16/h5-6,8-9,13H,2-4,7,10H2,1H3,(H,21,24). The summed E-state index contributed by atoms with van der Waals surface area (Å²) in [5.74, 6) is -1.17. The van der Waals surface area contributed by atoms with E-state index >= 15 is 0 Å². The van der Waals surface area contributed by atoms with Crippen LogP contribution in [0.1, 0.15) is 24.8 Å². The lowest BCUT2D eigenvalue weighted by molar-refractivity contribution is -0.384. The van der Waals surface area contributed by atoms with Crippen molar-refractivity contribution in [1.82, 2.24) is 9.62 Å². The average Bonchev–Trinajstić information content (AvgIpc) is 3.00. The zero-order valence-corrected chi connectivity index (χ0v) is 18.7. The second-order valence-corrected chi connectivity index (χ2v) is 10.6. The summed E-state index contributed by atoms with van der Waals surface area (Å²) in [6, 6.07) is 3.79. The number of ether oxygens (including phenoxy) is 1. The molecule has 31 heavy (non-hydrogen) atoms. The van der Waals surface area contributed by atoms with Crippen LogP contribution in [0.15, 0.2) is 28.5 Å². The number of benzene rings is 1. The number of carbonyl (C=O) groups is 1. The molecule has 0 aliphatic carbocycles. The van der Waals surface area contributed by atoms with Gasteiger partial charge in [0.1, 0.15) is 10.3 Å². The zero-order chi connectivity index (χ0) is 22.8. The van der Waals surface area contributed by atoms with Gasteiger partial charge in [0.2, 0.25) is 5.91 Å². The molecule has 1 unspecified atom stereocenters. The quantitative estimate of drug-likeness (QED) is 0.468. The summed E-state index contributed by atoms with van der Waals surface area (Å²) < 4.78 is 46.3. The van der Waals surface area contributed by atoms with Crippen molar-refractivity contribution < 1.29 is 27.3 Å². The smallest absolute Gasteiger partial charge is 0.300 e. The highest BCUT2D eigenvalue weighted by Gasteiger charge is 2.39. The molecule has 9 nitrogen and oxygen atoms in total. The van der Waals surface area contributed by atoms with Crippen molar-refractivity contribution in [2.45, 2.75) is 36.1 Å². The van der Waals surface area contributed by atoms with Gasteiger partial charge in [-0.1, -0.05) is 17.7 Å². The Morgan fingerprint density at radius 1 is 1.39 bits per heavy atom. The second kappa shape index (κ2) is 9.47. The maximum Gasteiger partial charge on any atom is 0.300 e. The number of hydrogen-bond acceptors (Lipinski definition) is 7. The SMILES string of the molecule is COc1ccc(CN(C2CCCCNC2=O)S(=O)(=O)c2cc([N+](=O)[O-])c(Cl)s2)cc1F. The van der Waals surface area contributed by atoms with Crippen LogP contribution in [0.2, 0.25) is 4.34 Å². The Kier molecular flexibility index (Phi) is 7.14. The number of thiophene rings is 1. The first-order valence-corrected chi connectivity index (χ1v) is 11.8. The second-order valence-electron chi connectivity index (χ2n) is 6.80. The average molecular weight is 492 g/mol. The first-order chi connectivity index (χ1) is 14.6. The maximum absolute atomic E-state index is 14.2. The molecule has 1 fully saturated rings. The van der Waals surface area contributed by atoms with Gasteiger partial charge in [-0.2, -0.15) is 4.31 Å². The van der Waals surface area contributed by atoms with Gasteiger partial charge in [0.05, 0.1) is 12.0 Å². The van der Waals surface area contributed by atoms with E-state index in [0.717, 1.165) is 16.4 Å². The van der Waals surface area contributed by atoms with Crippen molar-refractivity contribution in [2.75, 3.05) is 13.7 Å². The number of sulfonamides is 1. The molecule has 2 heterocycles. The van der Waals surface area contributed by atoms with Crippen molar-refractivity contribution in [3.05, 3.63) is 50.1 Å². The number of methoxy groups -OCH3 is 1. The minimum absolute atomic E-state index is 0.00831. The number of nitro groups is 1. The van der Waals surface area contributed by atoms with E-state index in [2.05, 4.69) is 5.32 Å². The van der Waals surface area contributed by atoms with Crippen molar-refractivity contribution in [1.29, 1.82) is 0 Å². The molecule has 0 bridgehead atoms. The van der Waals surface area contributed by atoms with Gasteiger partial charge in [0, 0.05) is 19.2 Å². The summed E-state index contributed by atoms with van der Waals surface area (Å²) in [6.45, 7) is 0.0985. The summed E-state index contributed by atoms with van der Waals surface area (Å²) in [6.07, 6.45) is 1.53. The minimum Gasteiger partial charge on any atom is -0.494 e. The van der Waals surface area contributed by atoms with E-state index in [0.29, 0.717) is 30.7 Å². The molecule has 168 valence electrons. The predicted octanol–water partition coefficient (Wildman–Crippen LogP) is 3.32. The predicted molar refractivity (Wildman–Crippen MR) is 112 cm³/mol. The Morgan fingerprint density at radius 3 is 2.74 bits per heavy atom. The molecule has 1 aromatic heterocycles. The number of nitrogens with zero attached hydrogens (tertiary/aromatic N) is 2. The first kappa shape index (κ1) is 23.4. The van der Waals surface area contributed by atoms with Crippen LogP contribution in [0.25, 0.3) is 0 Å². The van der Waals surface area contributed by atoms with Crippen LogP contribution >= 0.6 is 22.9 Å². The third-order valence-corrected chi connectivity index (χ3v) is 8.46. The Morgan fingerprint density at radius 2 is 2.13 bits per heavy atom. The monoisotopic (exact) mass is 491 g/mol. The molecule has 1 N–H and O–H groups in total. The fraction of sp³-hybridized carbons (Fsp3) is 0.389. The molecular weight excluding hydrogens is 473 g/mol. The fourth-order valence-electron chi connectivity index (χ4n) is 3.25. The zero-order valence-electron chi connectivity index (χ0n) is 16.3. The van der Waals surface area contributed by atoms with E-state index < -0.39 is 38.4 Å². The molecule has 1 aliphatic heterocycles. The van der Waals surface area contributed by atoms with E-state index in [1.54, 1.807) is 0 Å². The van der Waals surface area contributed by atoms with E-state index in [1.165, 1.54) is 19.2 Å². The molecule has 0 spiro atoms.